The Morgan fingerprint density at radius 2 is 1.96 bits per heavy atom. The van der Waals surface area contributed by atoms with Gasteiger partial charge in [-0.15, -0.1) is 0 Å². The van der Waals surface area contributed by atoms with E-state index in [9.17, 15) is 9.59 Å². The SMILES string of the molecule is CCOc1ccc(/C=C/C(=O)Nc2ccc3c(c2)C(=O)CC(C)(C)O3)cc1. The van der Waals surface area contributed by atoms with Gasteiger partial charge >= 0.3 is 0 Å². The van der Waals surface area contributed by atoms with Gasteiger partial charge in [0.15, 0.2) is 5.78 Å². The van der Waals surface area contributed by atoms with Crippen molar-refractivity contribution in [2.24, 2.45) is 0 Å². The monoisotopic (exact) mass is 365 g/mol. The van der Waals surface area contributed by atoms with Crippen LogP contribution in [0.1, 0.15) is 43.1 Å². The summed E-state index contributed by atoms with van der Waals surface area (Å²) in [5.74, 6) is 1.10. The second-order valence-electron chi connectivity index (χ2n) is 7.00. The van der Waals surface area contributed by atoms with Crippen LogP contribution in [0.2, 0.25) is 0 Å². The number of nitrogens with one attached hydrogen (secondary N) is 1. The Labute approximate surface area is 159 Å². The molecule has 0 atom stereocenters. The highest BCUT2D eigenvalue weighted by molar-refractivity contribution is 6.04. The lowest BCUT2D eigenvalue weighted by atomic mass is 9.93. The molecule has 0 radical (unpaired) electrons. The maximum atomic E-state index is 12.3. The maximum absolute atomic E-state index is 12.3. The summed E-state index contributed by atoms with van der Waals surface area (Å²) in [4.78, 5) is 24.5. The van der Waals surface area contributed by atoms with Crippen molar-refractivity contribution in [2.75, 3.05) is 11.9 Å². The van der Waals surface area contributed by atoms with Crippen LogP contribution in [-0.4, -0.2) is 23.9 Å². The molecule has 1 heterocycles. The summed E-state index contributed by atoms with van der Waals surface area (Å²) in [6.07, 6.45) is 3.49. The van der Waals surface area contributed by atoms with E-state index in [0.717, 1.165) is 11.3 Å². The van der Waals surface area contributed by atoms with Crippen molar-refractivity contribution in [1.82, 2.24) is 0 Å². The highest BCUT2D eigenvalue weighted by Gasteiger charge is 2.32. The molecule has 1 amide bonds. The standard InChI is InChI=1S/C22H23NO4/c1-4-26-17-9-5-15(6-10-17)7-12-21(25)23-16-8-11-20-18(13-16)19(24)14-22(2,3)27-20/h5-13H,4,14H2,1-3H3,(H,23,25)/b12-7+. The molecule has 3 rings (SSSR count). The van der Waals surface area contributed by atoms with Gasteiger partial charge in [0.05, 0.1) is 18.6 Å². The Balaban J connectivity index is 1.66. The Bertz CT molecular complexity index is 882. The van der Waals surface area contributed by atoms with Gasteiger partial charge in [0.2, 0.25) is 5.91 Å². The first kappa shape index (κ1) is 18.7. The summed E-state index contributed by atoms with van der Waals surface area (Å²) in [7, 11) is 0. The van der Waals surface area contributed by atoms with Gasteiger partial charge in [-0.2, -0.15) is 0 Å². The maximum Gasteiger partial charge on any atom is 0.248 e. The predicted molar refractivity (Wildman–Crippen MR) is 105 cm³/mol. The third-order valence-electron chi connectivity index (χ3n) is 4.14. The number of ketones is 1. The molecule has 0 saturated carbocycles. The summed E-state index contributed by atoms with van der Waals surface area (Å²) >= 11 is 0. The van der Waals surface area contributed by atoms with Crippen molar-refractivity contribution in [1.29, 1.82) is 0 Å². The van der Waals surface area contributed by atoms with Crippen LogP contribution in [0.25, 0.3) is 6.08 Å². The van der Waals surface area contributed by atoms with Crippen LogP contribution in [0.3, 0.4) is 0 Å². The molecule has 1 N–H and O–H groups in total. The van der Waals surface area contributed by atoms with E-state index >= 15 is 0 Å². The molecule has 5 nitrogen and oxygen atoms in total. The molecule has 0 fully saturated rings. The number of benzene rings is 2. The predicted octanol–water partition coefficient (Wildman–Crippen LogP) is 4.48. The number of hydrogen-bond donors (Lipinski definition) is 1. The van der Waals surface area contributed by atoms with E-state index in [1.165, 1.54) is 6.08 Å². The molecule has 0 spiro atoms. The first-order valence-electron chi connectivity index (χ1n) is 8.94. The molecular weight excluding hydrogens is 342 g/mol. The quantitative estimate of drug-likeness (QED) is 0.794. The fourth-order valence-corrected chi connectivity index (χ4v) is 2.93. The molecule has 0 saturated heterocycles. The number of fused-ring (bicyclic) bond motifs is 1. The van der Waals surface area contributed by atoms with Crippen molar-refractivity contribution in [2.45, 2.75) is 32.8 Å². The van der Waals surface area contributed by atoms with E-state index < -0.39 is 5.60 Å². The van der Waals surface area contributed by atoms with E-state index in [2.05, 4.69) is 5.32 Å². The minimum atomic E-state index is -0.505. The molecule has 0 aromatic heterocycles. The van der Waals surface area contributed by atoms with Gasteiger partial charge in [-0.05, 0) is 62.7 Å². The van der Waals surface area contributed by atoms with E-state index in [-0.39, 0.29) is 11.7 Å². The van der Waals surface area contributed by atoms with Crippen LogP contribution in [0.15, 0.2) is 48.5 Å². The zero-order chi connectivity index (χ0) is 19.4. The summed E-state index contributed by atoms with van der Waals surface area (Å²) in [6.45, 7) is 6.31. The number of anilines is 1. The van der Waals surface area contributed by atoms with Gasteiger partial charge in [-0.1, -0.05) is 12.1 Å². The van der Waals surface area contributed by atoms with E-state index in [1.54, 1.807) is 24.3 Å². The van der Waals surface area contributed by atoms with Gasteiger partial charge in [-0.3, -0.25) is 9.59 Å². The lowest BCUT2D eigenvalue weighted by Crippen LogP contribution is -2.35. The average molecular weight is 365 g/mol. The fourth-order valence-electron chi connectivity index (χ4n) is 2.93. The first-order chi connectivity index (χ1) is 12.9. The van der Waals surface area contributed by atoms with Gasteiger partial charge < -0.3 is 14.8 Å². The molecule has 0 aliphatic carbocycles. The molecule has 0 bridgehead atoms. The number of Topliss-reactive ketones (excluding diaryl/α,β-unsaturated/α-hetero) is 1. The highest BCUT2D eigenvalue weighted by Crippen LogP contribution is 2.34. The number of carbonyl (C=O) groups is 2. The van der Waals surface area contributed by atoms with Gasteiger partial charge in [0.1, 0.15) is 17.1 Å². The minimum absolute atomic E-state index is 0.0160. The number of rotatable bonds is 5. The number of ether oxygens (including phenoxy) is 2. The van der Waals surface area contributed by atoms with E-state index in [4.69, 9.17) is 9.47 Å². The largest absolute Gasteiger partial charge is 0.494 e. The lowest BCUT2D eigenvalue weighted by molar-refractivity contribution is -0.111. The Hall–Kier alpha value is -3.08. The molecular formula is C22H23NO4. The molecule has 5 heteroatoms. The minimum Gasteiger partial charge on any atom is -0.494 e. The number of carbonyl (C=O) groups excluding carboxylic acids is 2. The Morgan fingerprint density at radius 1 is 1.22 bits per heavy atom. The Kier molecular flexibility index (Phi) is 5.31. The molecule has 140 valence electrons. The normalized spacial score (nSPS) is 15.1. The molecule has 1 aliphatic heterocycles. The van der Waals surface area contributed by atoms with Crippen LogP contribution in [-0.2, 0) is 4.79 Å². The smallest absolute Gasteiger partial charge is 0.248 e. The van der Waals surface area contributed by atoms with Crippen molar-refractivity contribution < 1.29 is 19.1 Å². The fraction of sp³-hybridized carbons (Fsp3) is 0.273. The van der Waals surface area contributed by atoms with Gasteiger partial charge in [-0.25, -0.2) is 0 Å². The van der Waals surface area contributed by atoms with Crippen molar-refractivity contribution in [3.05, 3.63) is 59.7 Å². The summed E-state index contributed by atoms with van der Waals surface area (Å²) in [6, 6.07) is 12.6. The highest BCUT2D eigenvalue weighted by atomic mass is 16.5. The zero-order valence-electron chi connectivity index (χ0n) is 15.7. The molecule has 2 aromatic rings. The summed E-state index contributed by atoms with van der Waals surface area (Å²) in [5, 5.41) is 2.78. The van der Waals surface area contributed by atoms with Gasteiger partial charge in [0.25, 0.3) is 0 Å². The third-order valence-corrected chi connectivity index (χ3v) is 4.14. The van der Waals surface area contributed by atoms with Gasteiger partial charge in [0, 0.05) is 11.8 Å². The molecule has 0 unspecified atom stereocenters. The third kappa shape index (κ3) is 4.76. The topological polar surface area (TPSA) is 64.6 Å². The van der Waals surface area contributed by atoms with Crippen LogP contribution in [0.5, 0.6) is 11.5 Å². The second kappa shape index (κ2) is 7.66. The number of hydrogen-bond acceptors (Lipinski definition) is 4. The molecule has 1 aliphatic rings. The molecule has 2 aromatic carbocycles. The van der Waals surface area contributed by atoms with Crippen LogP contribution >= 0.6 is 0 Å². The zero-order valence-corrected chi connectivity index (χ0v) is 15.7. The first-order valence-corrected chi connectivity index (χ1v) is 8.94. The van der Waals surface area contributed by atoms with E-state index in [1.807, 2.05) is 45.0 Å². The van der Waals surface area contributed by atoms with Crippen molar-refractivity contribution in [3.8, 4) is 11.5 Å². The van der Waals surface area contributed by atoms with Crippen molar-refractivity contribution >= 4 is 23.5 Å². The molecule has 27 heavy (non-hydrogen) atoms. The number of amides is 1. The Morgan fingerprint density at radius 3 is 2.67 bits per heavy atom. The van der Waals surface area contributed by atoms with Crippen LogP contribution < -0.4 is 14.8 Å². The van der Waals surface area contributed by atoms with Crippen LogP contribution in [0.4, 0.5) is 5.69 Å². The second-order valence-corrected chi connectivity index (χ2v) is 7.00. The summed E-state index contributed by atoms with van der Waals surface area (Å²) in [5.41, 5.74) is 1.45. The van der Waals surface area contributed by atoms with Crippen molar-refractivity contribution in [3.63, 3.8) is 0 Å². The summed E-state index contributed by atoms with van der Waals surface area (Å²) < 4.78 is 11.2. The lowest BCUT2D eigenvalue weighted by Gasteiger charge is -2.31. The van der Waals surface area contributed by atoms with Crippen LogP contribution in [0, 0.1) is 0 Å². The average Bonchev–Trinajstić information content (AvgIpc) is 2.61. The van der Waals surface area contributed by atoms with E-state index in [0.29, 0.717) is 30.0 Å².